The van der Waals surface area contributed by atoms with E-state index in [1.54, 1.807) is 0 Å². The summed E-state index contributed by atoms with van der Waals surface area (Å²) in [6.45, 7) is 5.69. The standard InChI is InChI=1S/C16H21BrN4/c1-12(21-7-3-2-4-8-21)10-19-14-5-6-18-15-9-13(17)11-20-16(14)15/h5-6,9,11-12H,2-4,7-8,10H2,1H3,(H,18,19). The van der Waals surface area contributed by atoms with Crippen molar-refractivity contribution in [3.05, 3.63) is 29.0 Å². The molecule has 0 spiro atoms. The van der Waals surface area contributed by atoms with Crippen LogP contribution in [0.25, 0.3) is 11.0 Å². The largest absolute Gasteiger partial charge is 0.382 e. The van der Waals surface area contributed by atoms with E-state index in [0.29, 0.717) is 6.04 Å². The third-order valence-corrected chi connectivity index (χ3v) is 4.58. The zero-order valence-corrected chi connectivity index (χ0v) is 13.9. The van der Waals surface area contributed by atoms with Gasteiger partial charge in [0.05, 0.1) is 11.2 Å². The predicted molar refractivity (Wildman–Crippen MR) is 90.6 cm³/mol. The third-order valence-electron chi connectivity index (χ3n) is 4.15. The van der Waals surface area contributed by atoms with Gasteiger partial charge in [0.25, 0.3) is 0 Å². The van der Waals surface area contributed by atoms with Crippen molar-refractivity contribution in [1.82, 2.24) is 14.9 Å². The number of likely N-dealkylation sites (tertiary alicyclic amines) is 1. The molecule has 0 bridgehead atoms. The van der Waals surface area contributed by atoms with Crippen LogP contribution >= 0.6 is 15.9 Å². The normalized spacial score (nSPS) is 17.8. The highest BCUT2D eigenvalue weighted by molar-refractivity contribution is 9.10. The van der Waals surface area contributed by atoms with Gasteiger partial charge in [0, 0.05) is 29.5 Å². The minimum absolute atomic E-state index is 0.545. The molecule has 1 aliphatic rings. The zero-order valence-electron chi connectivity index (χ0n) is 12.3. The van der Waals surface area contributed by atoms with Crippen LogP contribution in [0.5, 0.6) is 0 Å². The second-order valence-corrected chi connectivity index (χ2v) is 6.62. The molecule has 5 heteroatoms. The van der Waals surface area contributed by atoms with Crippen molar-refractivity contribution in [1.29, 1.82) is 0 Å². The highest BCUT2D eigenvalue weighted by Gasteiger charge is 2.16. The Hall–Kier alpha value is -1.20. The first-order chi connectivity index (χ1) is 10.2. The molecule has 0 amide bonds. The van der Waals surface area contributed by atoms with Crippen LogP contribution in [0.3, 0.4) is 0 Å². The fourth-order valence-corrected chi connectivity index (χ4v) is 3.21. The summed E-state index contributed by atoms with van der Waals surface area (Å²) in [5.41, 5.74) is 2.92. The molecule has 3 heterocycles. The van der Waals surface area contributed by atoms with E-state index >= 15 is 0 Å². The van der Waals surface area contributed by atoms with Gasteiger partial charge >= 0.3 is 0 Å². The predicted octanol–water partition coefficient (Wildman–Crippen LogP) is 3.68. The van der Waals surface area contributed by atoms with Crippen LogP contribution in [0.4, 0.5) is 5.69 Å². The molecule has 1 atom stereocenters. The molecule has 0 saturated carbocycles. The summed E-state index contributed by atoms with van der Waals surface area (Å²) in [6, 6.07) is 4.55. The van der Waals surface area contributed by atoms with Crippen LogP contribution in [-0.4, -0.2) is 40.5 Å². The molecule has 1 aliphatic heterocycles. The topological polar surface area (TPSA) is 41.1 Å². The number of anilines is 1. The van der Waals surface area contributed by atoms with E-state index < -0.39 is 0 Å². The first kappa shape index (κ1) is 14.7. The van der Waals surface area contributed by atoms with Crippen LogP contribution < -0.4 is 5.32 Å². The molecule has 3 rings (SSSR count). The molecule has 2 aromatic rings. The number of piperidine rings is 1. The fourth-order valence-electron chi connectivity index (χ4n) is 2.89. The van der Waals surface area contributed by atoms with E-state index in [2.05, 4.69) is 43.0 Å². The molecular formula is C16H21BrN4. The van der Waals surface area contributed by atoms with Gasteiger partial charge in [-0.05, 0) is 60.9 Å². The highest BCUT2D eigenvalue weighted by Crippen LogP contribution is 2.22. The summed E-state index contributed by atoms with van der Waals surface area (Å²) >= 11 is 3.44. The lowest BCUT2D eigenvalue weighted by molar-refractivity contribution is 0.180. The third kappa shape index (κ3) is 3.52. The van der Waals surface area contributed by atoms with Crippen molar-refractivity contribution in [2.75, 3.05) is 25.0 Å². The molecule has 0 aromatic carbocycles. The van der Waals surface area contributed by atoms with Gasteiger partial charge in [-0.2, -0.15) is 0 Å². The van der Waals surface area contributed by atoms with Gasteiger partial charge in [-0.25, -0.2) is 0 Å². The molecular weight excluding hydrogens is 328 g/mol. The lowest BCUT2D eigenvalue weighted by Gasteiger charge is -2.32. The average molecular weight is 349 g/mol. The van der Waals surface area contributed by atoms with Crippen molar-refractivity contribution in [3.8, 4) is 0 Å². The Kier molecular flexibility index (Phi) is 4.70. The molecule has 1 saturated heterocycles. The Morgan fingerprint density at radius 1 is 1.29 bits per heavy atom. The SMILES string of the molecule is CC(CNc1ccnc2cc(Br)cnc12)N1CCCCC1. The van der Waals surface area contributed by atoms with E-state index in [-0.39, 0.29) is 0 Å². The van der Waals surface area contributed by atoms with Gasteiger partial charge in [-0.3, -0.25) is 14.9 Å². The number of hydrogen-bond acceptors (Lipinski definition) is 4. The zero-order chi connectivity index (χ0) is 14.7. The Labute approximate surface area is 134 Å². The number of nitrogens with one attached hydrogen (secondary N) is 1. The van der Waals surface area contributed by atoms with Crippen LogP contribution in [0.2, 0.25) is 0 Å². The van der Waals surface area contributed by atoms with Crippen molar-refractivity contribution in [2.24, 2.45) is 0 Å². The molecule has 112 valence electrons. The number of halogens is 1. The monoisotopic (exact) mass is 348 g/mol. The molecule has 4 nitrogen and oxygen atoms in total. The summed E-state index contributed by atoms with van der Waals surface area (Å²) in [7, 11) is 0. The lowest BCUT2D eigenvalue weighted by atomic mass is 10.1. The summed E-state index contributed by atoms with van der Waals surface area (Å²) in [4.78, 5) is 11.4. The average Bonchev–Trinajstić information content (AvgIpc) is 2.53. The highest BCUT2D eigenvalue weighted by atomic mass is 79.9. The molecule has 1 fully saturated rings. The minimum atomic E-state index is 0.545. The summed E-state index contributed by atoms with van der Waals surface area (Å²) in [5, 5.41) is 3.54. The first-order valence-corrected chi connectivity index (χ1v) is 8.41. The van der Waals surface area contributed by atoms with E-state index in [0.717, 1.165) is 27.7 Å². The summed E-state index contributed by atoms with van der Waals surface area (Å²) in [5.74, 6) is 0. The smallest absolute Gasteiger partial charge is 0.112 e. The van der Waals surface area contributed by atoms with E-state index in [9.17, 15) is 0 Å². The number of nitrogens with zero attached hydrogens (tertiary/aromatic N) is 3. The maximum absolute atomic E-state index is 4.49. The van der Waals surface area contributed by atoms with Crippen LogP contribution in [0.15, 0.2) is 29.0 Å². The number of fused-ring (bicyclic) bond motifs is 1. The molecule has 2 aromatic heterocycles. The van der Waals surface area contributed by atoms with Crippen molar-refractivity contribution in [2.45, 2.75) is 32.2 Å². The second-order valence-electron chi connectivity index (χ2n) is 5.71. The summed E-state index contributed by atoms with van der Waals surface area (Å²) < 4.78 is 0.960. The number of rotatable bonds is 4. The molecule has 0 radical (unpaired) electrons. The lowest BCUT2D eigenvalue weighted by Crippen LogP contribution is -2.41. The van der Waals surface area contributed by atoms with E-state index in [1.807, 2.05) is 24.5 Å². The van der Waals surface area contributed by atoms with Crippen molar-refractivity contribution >= 4 is 32.7 Å². The maximum Gasteiger partial charge on any atom is 0.112 e. The van der Waals surface area contributed by atoms with Crippen molar-refractivity contribution in [3.63, 3.8) is 0 Å². The van der Waals surface area contributed by atoms with Gasteiger partial charge in [-0.1, -0.05) is 6.42 Å². The molecule has 1 N–H and O–H groups in total. The van der Waals surface area contributed by atoms with Crippen LogP contribution in [0, 0.1) is 0 Å². The first-order valence-electron chi connectivity index (χ1n) is 7.62. The van der Waals surface area contributed by atoms with Gasteiger partial charge in [0.1, 0.15) is 5.52 Å². The number of aromatic nitrogens is 2. The van der Waals surface area contributed by atoms with Crippen molar-refractivity contribution < 1.29 is 0 Å². The number of hydrogen-bond donors (Lipinski definition) is 1. The number of pyridine rings is 2. The van der Waals surface area contributed by atoms with Gasteiger partial charge in [-0.15, -0.1) is 0 Å². The van der Waals surface area contributed by atoms with E-state index in [4.69, 9.17) is 0 Å². The molecule has 0 aliphatic carbocycles. The molecule has 1 unspecified atom stereocenters. The Morgan fingerprint density at radius 3 is 2.90 bits per heavy atom. The van der Waals surface area contributed by atoms with Gasteiger partial charge in [0.15, 0.2) is 0 Å². The Balaban J connectivity index is 1.70. The molecule has 21 heavy (non-hydrogen) atoms. The fraction of sp³-hybridized carbons (Fsp3) is 0.500. The Bertz CT molecular complexity index is 610. The van der Waals surface area contributed by atoms with Gasteiger partial charge < -0.3 is 5.32 Å². The summed E-state index contributed by atoms with van der Waals surface area (Å²) in [6.07, 6.45) is 7.70. The maximum atomic E-state index is 4.49. The van der Waals surface area contributed by atoms with Gasteiger partial charge in [0.2, 0.25) is 0 Å². The quantitative estimate of drug-likeness (QED) is 0.914. The van der Waals surface area contributed by atoms with Crippen LogP contribution in [-0.2, 0) is 0 Å². The minimum Gasteiger partial charge on any atom is -0.382 e. The second kappa shape index (κ2) is 6.71. The Morgan fingerprint density at radius 2 is 2.10 bits per heavy atom. The van der Waals surface area contributed by atoms with Crippen LogP contribution in [0.1, 0.15) is 26.2 Å². The van der Waals surface area contributed by atoms with E-state index in [1.165, 1.54) is 32.4 Å².